The lowest BCUT2D eigenvalue weighted by molar-refractivity contribution is -0.125. The number of carbonyl (C=O) groups is 2. The molecule has 1 aliphatic heterocycles. The van der Waals surface area contributed by atoms with E-state index in [4.69, 9.17) is 10.3 Å². The highest BCUT2D eigenvalue weighted by atomic mass is 16.5. The molecule has 1 atom stereocenters. The van der Waals surface area contributed by atoms with E-state index in [1.807, 2.05) is 30.3 Å². The number of nitrogens with two attached hydrogens (primary N) is 1. The topological polar surface area (TPSA) is 101 Å². The Morgan fingerprint density at radius 1 is 1.28 bits per heavy atom. The van der Waals surface area contributed by atoms with Gasteiger partial charge in [-0.15, -0.1) is 0 Å². The van der Waals surface area contributed by atoms with E-state index < -0.39 is 6.04 Å². The van der Waals surface area contributed by atoms with E-state index in [-0.39, 0.29) is 17.7 Å². The number of carbonyl (C=O) groups excluding carboxylic acids is 2. The molecule has 25 heavy (non-hydrogen) atoms. The largest absolute Gasteiger partial charge is 0.369 e. The highest BCUT2D eigenvalue weighted by Gasteiger charge is 2.32. The average Bonchev–Trinajstić information content (AvgIpc) is 3.01. The zero-order valence-electron chi connectivity index (χ0n) is 14.1. The van der Waals surface area contributed by atoms with Gasteiger partial charge in [-0.05, 0) is 38.4 Å². The molecule has 2 aromatic rings. The summed E-state index contributed by atoms with van der Waals surface area (Å²) in [5, 5.41) is 6.64. The molecule has 3 N–H and O–H groups in total. The summed E-state index contributed by atoms with van der Waals surface area (Å²) >= 11 is 0. The number of primary amides is 1. The van der Waals surface area contributed by atoms with Crippen molar-refractivity contribution in [3.63, 3.8) is 0 Å². The predicted molar refractivity (Wildman–Crippen MR) is 92.5 cm³/mol. The SMILES string of the molecule is Cc1cc(NC(=O)C(c2ccccc2)N2CCC(C(N)=O)CC2)no1. The van der Waals surface area contributed by atoms with E-state index in [1.54, 1.807) is 13.0 Å². The molecule has 2 amide bonds. The predicted octanol–water partition coefficient (Wildman–Crippen LogP) is 1.86. The molecule has 3 rings (SSSR count). The third-order valence-electron chi connectivity index (χ3n) is 4.54. The maximum Gasteiger partial charge on any atom is 0.247 e. The highest BCUT2D eigenvalue weighted by Crippen LogP contribution is 2.28. The maximum absolute atomic E-state index is 12.9. The first-order valence-corrected chi connectivity index (χ1v) is 8.37. The summed E-state index contributed by atoms with van der Waals surface area (Å²) in [5.74, 6) is 0.480. The summed E-state index contributed by atoms with van der Waals surface area (Å²) in [4.78, 5) is 26.4. The number of hydrogen-bond donors (Lipinski definition) is 2. The van der Waals surface area contributed by atoms with Gasteiger partial charge in [-0.25, -0.2) is 0 Å². The normalized spacial score (nSPS) is 17.2. The van der Waals surface area contributed by atoms with Crippen LogP contribution in [0, 0.1) is 12.8 Å². The lowest BCUT2D eigenvalue weighted by Gasteiger charge is -2.36. The smallest absolute Gasteiger partial charge is 0.247 e. The number of benzene rings is 1. The summed E-state index contributed by atoms with van der Waals surface area (Å²) in [5.41, 5.74) is 6.31. The number of nitrogens with zero attached hydrogens (tertiary/aromatic N) is 2. The second-order valence-electron chi connectivity index (χ2n) is 6.34. The number of rotatable bonds is 5. The van der Waals surface area contributed by atoms with E-state index in [0.29, 0.717) is 37.5 Å². The summed E-state index contributed by atoms with van der Waals surface area (Å²) in [6.45, 7) is 3.04. The van der Waals surface area contributed by atoms with Crippen LogP contribution >= 0.6 is 0 Å². The standard InChI is InChI=1S/C18H22N4O3/c1-12-11-15(21-25-12)20-18(24)16(13-5-3-2-4-6-13)22-9-7-14(8-10-22)17(19)23/h2-6,11,14,16H,7-10H2,1H3,(H2,19,23)(H,20,21,24). The molecule has 132 valence electrons. The molecule has 1 fully saturated rings. The van der Waals surface area contributed by atoms with Crippen molar-refractivity contribution in [1.82, 2.24) is 10.1 Å². The van der Waals surface area contributed by atoms with Crippen molar-refractivity contribution in [2.45, 2.75) is 25.8 Å². The van der Waals surface area contributed by atoms with Gasteiger partial charge in [0.2, 0.25) is 11.8 Å². The first kappa shape index (κ1) is 17.2. The summed E-state index contributed by atoms with van der Waals surface area (Å²) in [7, 11) is 0. The molecule has 0 saturated carbocycles. The van der Waals surface area contributed by atoms with Crippen LogP contribution in [0.3, 0.4) is 0 Å². The summed E-state index contributed by atoms with van der Waals surface area (Å²) < 4.78 is 5.01. The van der Waals surface area contributed by atoms with Gasteiger partial charge in [0.05, 0.1) is 0 Å². The van der Waals surface area contributed by atoms with Gasteiger partial charge >= 0.3 is 0 Å². The average molecular weight is 342 g/mol. The summed E-state index contributed by atoms with van der Waals surface area (Å²) in [6.07, 6.45) is 1.32. The lowest BCUT2D eigenvalue weighted by atomic mass is 9.93. The van der Waals surface area contributed by atoms with Gasteiger partial charge in [0.1, 0.15) is 11.8 Å². The van der Waals surface area contributed by atoms with Crippen molar-refractivity contribution in [3.05, 3.63) is 47.7 Å². The van der Waals surface area contributed by atoms with Gasteiger partial charge in [0.15, 0.2) is 5.82 Å². The molecular weight excluding hydrogens is 320 g/mol. The number of nitrogens with one attached hydrogen (secondary N) is 1. The third-order valence-corrected chi connectivity index (χ3v) is 4.54. The fourth-order valence-electron chi connectivity index (χ4n) is 3.23. The van der Waals surface area contributed by atoms with Crippen molar-refractivity contribution < 1.29 is 14.1 Å². The molecule has 0 bridgehead atoms. The maximum atomic E-state index is 12.9. The Kier molecular flexibility index (Phi) is 5.14. The van der Waals surface area contributed by atoms with Crippen molar-refractivity contribution in [2.75, 3.05) is 18.4 Å². The molecule has 7 nitrogen and oxygen atoms in total. The number of hydrogen-bond acceptors (Lipinski definition) is 5. The van der Waals surface area contributed by atoms with Crippen molar-refractivity contribution in [3.8, 4) is 0 Å². The molecule has 0 aliphatic carbocycles. The number of anilines is 1. The van der Waals surface area contributed by atoms with E-state index >= 15 is 0 Å². The minimum Gasteiger partial charge on any atom is -0.369 e. The van der Waals surface area contributed by atoms with Crippen LogP contribution < -0.4 is 11.1 Å². The molecule has 1 aliphatic rings. The minimum atomic E-state index is -0.452. The number of piperidine rings is 1. The van der Waals surface area contributed by atoms with E-state index in [0.717, 1.165) is 5.56 Å². The zero-order chi connectivity index (χ0) is 17.8. The minimum absolute atomic E-state index is 0.117. The van der Waals surface area contributed by atoms with Crippen molar-refractivity contribution in [2.24, 2.45) is 11.7 Å². The molecular formula is C18H22N4O3. The van der Waals surface area contributed by atoms with Crippen LogP contribution in [0.2, 0.25) is 0 Å². The van der Waals surface area contributed by atoms with Crippen molar-refractivity contribution in [1.29, 1.82) is 0 Å². The van der Waals surface area contributed by atoms with E-state index in [1.165, 1.54) is 0 Å². The Morgan fingerprint density at radius 3 is 2.52 bits per heavy atom. The highest BCUT2D eigenvalue weighted by molar-refractivity contribution is 5.94. The van der Waals surface area contributed by atoms with Crippen LogP contribution in [0.5, 0.6) is 0 Å². The fraction of sp³-hybridized carbons (Fsp3) is 0.389. The number of likely N-dealkylation sites (tertiary alicyclic amines) is 1. The first-order chi connectivity index (χ1) is 12.0. The number of aryl methyl sites for hydroxylation is 1. The second-order valence-corrected chi connectivity index (χ2v) is 6.34. The Bertz CT molecular complexity index is 736. The molecule has 1 saturated heterocycles. The Balaban J connectivity index is 1.78. The second kappa shape index (κ2) is 7.48. The van der Waals surface area contributed by atoms with Crippen LogP contribution in [-0.4, -0.2) is 35.0 Å². The molecule has 1 unspecified atom stereocenters. The number of amides is 2. The van der Waals surface area contributed by atoms with E-state index in [9.17, 15) is 9.59 Å². The van der Waals surface area contributed by atoms with Gasteiger partial charge in [-0.3, -0.25) is 14.5 Å². The molecule has 1 aromatic heterocycles. The Labute approximate surface area is 146 Å². The molecule has 0 spiro atoms. The summed E-state index contributed by atoms with van der Waals surface area (Å²) in [6, 6.07) is 10.8. The Morgan fingerprint density at radius 2 is 1.96 bits per heavy atom. The quantitative estimate of drug-likeness (QED) is 0.863. The van der Waals surface area contributed by atoms with Crippen LogP contribution in [0.15, 0.2) is 40.9 Å². The molecule has 2 heterocycles. The monoisotopic (exact) mass is 342 g/mol. The van der Waals surface area contributed by atoms with Crippen LogP contribution in [0.1, 0.15) is 30.2 Å². The molecule has 1 aromatic carbocycles. The van der Waals surface area contributed by atoms with E-state index in [2.05, 4.69) is 15.4 Å². The van der Waals surface area contributed by atoms with Gasteiger partial charge in [-0.1, -0.05) is 35.5 Å². The zero-order valence-corrected chi connectivity index (χ0v) is 14.1. The van der Waals surface area contributed by atoms with Gasteiger partial charge in [-0.2, -0.15) is 0 Å². The van der Waals surface area contributed by atoms with Gasteiger partial charge in [0, 0.05) is 12.0 Å². The Hall–Kier alpha value is -2.67. The molecule has 0 radical (unpaired) electrons. The van der Waals surface area contributed by atoms with Crippen LogP contribution in [-0.2, 0) is 9.59 Å². The third kappa shape index (κ3) is 4.06. The van der Waals surface area contributed by atoms with Crippen LogP contribution in [0.4, 0.5) is 5.82 Å². The van der Waals surface area contributed by atoms with Crippen molar-refractivity contribution >= 4 is 17.6 Å². The fourth-order valence-corrected chi connectivity index (χ4v) is 3.23. The first-order valence-electron chi connectivity index (χ1n) is 8.37. The van der Waals surface area contributed by atoms with Crippen LogP contribution in [0.25, 0.3) is 0 Å². The molecule has 7 heteroatoms. The number of aromatic nitrogens is 1. The lowest BCUT2D eigenvalue weighted by Crippen LogP contribution is -2.44. The van der Waals surface area contributed by atoms with Gasteiger partial charge < -0.3 is 15.6 Å². The van der Waals surface area contributed by atoms with Gasteiger partial charge in [0.25, 0.3) is 0 Å².